The van der Waals surface area contributed by atoms with Crippen molar-refractivity contribution in [2.45, 2.75) is 25.7 Å². The first-order valence-corrected chi connectivity index (χ1v) is 8.23. The van der Waals surface area contributed by atoms with E-state index in [1.54, 1.807) is 29.7 Å². The van der Waals surface area contributed by atoms with E-state index in [0.717, 1.165) is 18.6 Å². The Hall–Kier alpha value is -2.86. The predicted octanol–water partition coefficient (Wildman–Crippen LogP) is 3.27. The first kappa shape index (κ1) is 18.5. The number of carbonyl (C=O) groups is 2. The maximum Gasteiger partial charge on any atom is 0.251 e. The van der Waals surface area contributed by atoms with E-state index in [-0.39, 0.29) is 18.2 Å². The van der Waals surface area contributed by atoms with Gasteiger partial charge in [-0.3, -0.25) is 14.8 Å². The van der Waals surface area contributed by atoms with Gasteiger partial charge in [0.25, 0.3) is 5.91 Å². The van der Waals surface area contributed by atoms with Crippen molar-refractivity contribution in [3.8, 4) is 11.5 Å². The molecule has 6 nitrogen and oxygen atoms in total. The van der Waals surface area contributed by atoms with Gasteiger partial charge >= 0.3 is 0 Å². The molecule has 0 atom stereocenters. The molecule has 2 rings (SSSR count). The summed E-state index contributed by atoms with van der Waals surface area (Å²) in [6.45, 7) is 0.543. The number of hydrogen-bond acceptors (Lipinski definition) is 4. The second-order valence-corrected chi connectivity index (χ2v) is 5.54. The van der Waals surface area contributed by atoms with E-state index in [1.165, 1.54) is 0 Å². The van der Waals surface area contributed by atoms with Crippen LogP contribution >= 0.6 is 0 Å². The van der Waals surface area contributed by atoms with Crippen LogP contribution in [0.5, 0.6) is 11.5 Å². The molecule has 0 aliphatic rings. The lowest BCUT2D eigenvalue weighted by Gasteiger charge is -2.08. The molecule has 132 valence electrons. The number of amides is 2. The second-order valence-electron chi connectivity index (χ2n) is 5.54. The molecule has 0 saturated carbocycles. The molecule has 0 heterocycles. The molecule has 0 fully saturated rings. The van der Waals surface area contributed by atoms with Crippen LogP contribution in [0.15, 0.2) is 54.6 Å². The molecule has 0 unspecified atom stereocenters. The molecule has 0 saturated heterocycles. The van der Waals surface area contributed by atoms with Gasteiger partial charge in [0.15, 0.2) is 0 Å². The van der Waals surface area contributed by atoms with E-state index in [2.05, 4.69) is 5.32 Å². The zero-order chi connectivity index (χ0) is 17.9. The van der Waals surface area contributed by atoms with Crippen LogP contribution in [0.25, 0.3) is 0 Å². The molecule has 3 N–H and O–H groups in total. The van der Waals surface area contributed by atoms with Gasteiger partial charge in [0.1, 0.15) is 11.5 Å². The highest BCUT2D eigenvalue weighted by molar-refractivity contribution is 5.94. The monoisotopic (exact) mass is 342 g/mol. The smallest absolute Gasteiger partial charge is 0.251 e. The Balaban J connectivity index is 1.70. The summed E-state index contributed by atoms with van der Waals surface area (Å²) in [5, 5.41) is 11.2. The van der Waals surface area contributed by atoms with Crippen molar-refractivity contribution >= 4 is 11.8 Å². The quantitative estimate of drug-likeness (QED) is 0.371. The molecule has 2 aromatic rings. The zero-order valence-electron chi connectivity index (χ0n) is 13.9. The molecule has 0 aliphatic heterocycles. The molecule has 6 heteroatoms. The third kappa shape index (κ3) is 6.64. The lowest BCUT2D eigenvalue weighted by Crippen LogP contribution is -2.24. The van der Waals surface area contributed by atoms with Gasteiger partial charge in [-0.15, -0.1) is 0 Å². The summed E-state index contributed by atoms with van der Waals surface area (Å²) in [5.41, 5.74) is 2.17. The number of para-hydroxylation sites is 1. The topological polar surface area (TPSA) is 87.7 Å². The summed E-state index contributed by atoms with van der Waals surface area (Å²) in [4.78, 5) is 22.9. The van der Waals surface area contributed by atoms with Gasteiger partial charge in [0, 0.05) is 18.5 Å². The molecule has 25 heavy (non-hydrogen) atoms. The molecular weight excluding hydrogens is 320 g/mol. The van der Waals surface area contributed by atoms with E-state index in [0.29, 0.717) is 24.3 Å². The van der Waals surface area contributed by atoms with E-state index in [1.807, 2.05) is 30.3 Å². The zero-order valence-corrected chi connectivity index (χ0v) is 13.9. The summed E-state index contributed by atoms with van der Waals surface area (Å²) >= 11 is 0. The molecular formula is C19H22N2O4. The molecule has 2 amide bonds. The highest BCUT2D eigenvalue weighted by Gasteiger charge is 2.05. The summed E-state index contributed by atoms with van der Waals surface area (Å²) in [5.74, 6) is 0.890. The van der Waals surface area contributed by atoms with E-state index in [4.69, 9.17) is 9.94 Å². The Kier molecular flexibility index (Phi) is 7.46. The number of rotatable bonds is 9. The Labute approximate surface area is 146 Å². The summed E-state index contributed by atoms with van der Waals surface area (Å²) in [6.07, 6.45) is 2.54. The van der Waals surface area contributed by atoms with Gasteiger partial charge in [0.05, 0.1) is 0 Å². The number of benzene rings is 2. The van der Waals surface area contributed by atoms with E-state index < -0.39 is 0 Å². The number of ether oxygens (including phenoxy) is 1. The Morgan fingerprint density at radius 2 is 1.56 bits per heavy atom. The highest BCUT2D eigenvalue weighted by Crippen LogP contribution is 2.21. The SMILES string of the molecule is O=C(CCCCCNC(=O)c1ccc(Oc2ccccc2)cc1)NO. The number of hydroxylamine groups is 1. The maximum absolute atomic E-state index is 12.1. The van der Waals surface area contributed by atoms with Crippen molar-refractivity contribution in [3.05, 3.63) is 60.2 Å². The average molecular weight is 342 g/mol. The lowest BCUT2D eigenvalue weighted by atomic mass is 10.1. The molecule has 0 aromatic heterocycles. The summed E-state index contributed by atoms with van der Waals surface area (Å²) in [7, 11) is 0. The number of unbranched alkanes of at least 4 members (excludes halogenated alkanes) is 2. The molecule has 0 bridgehead atoms. The first-order valence-electron chi connectivity index (χ1n) is 8.23. The fourth-order valence-electron chi connectivity index (χ4n) is 2.25. The van der Waals surface area contributed by atoms with Gasteiger partial charge in [0.2, 0.25) is 5.91 Å². The summed E-state index contributed by atoms with van der Waals surface area (Å²) in [6, 6.07) is 16.4. The van der Waals surface area contributed by atoms with Gasteiger partial charge in [-0.25, -0.2) is 5.48 Å². The van der Waals surface area contributed by atoms with E-state index in [9.17, 15) is 9.59 Å². The molecule has 0 radical (unpaired) electrons. The van der Waals surface area contributed by atoms with Gasteiger partial charge in [-0.1, -0.05) is 24.6 Å². The van der Waals surface area contributed by atoms with Crippen molar-refractivity contribution in [3.63, 3.8) is 0 Å². The van der Waals surface area contributed by atoms with Crippen molar-refractivity contribution in [1.29, 1.82) is 0 Å². The Morgan fingerprint density at radius 1 is 0.880 bits per heavy atom. The average Bonchev–Trinajstić information content (AvgIpc) is 2.65. The standard InChI is InChI=1S/C19H22N2O4/c22-18(21-24)9-5-2-6-14-20-19(23)15-10-12-17(13-11-15)25-16-7-3-1-4-8-16/h1,3-4,7-8,10-13,24H,2,5-6,9,14H2,(H,20,23)(H,21,22). The first-order chi connectivity index (χ1) is 12.2. The highest BCUT2D eigenvalue weighted by atomic mass is 16.5. The van der Waals surface area contributed by atoms with Crippen molar-refractivity contribution in [2.75, 3.05) is 6.54 Å². The van der Waals surface area contributed by atoms with E-state index >= 15 is 0 Å². The molecule has 0 aliphatic carbocycles. The van der Waals surface area contributed by atoms with Crippen LogP contribution in [0.1, 0.15) is 36.0 Å². The van der Waals surface area contributed by atoms with Crippen LogP contribution < -0.4 is 15.5 Å². The van der Waals surface area contributed by atoms with Crippen molar-refractivity contribution < 1.29 is 19.5 Å². The van der Waals surface area contributed by atoms with Crippen LogP contribution in [0, 0.1) is 0 Å². The predicted molar refractivity (Wildman–Crippen MR) is 93.7 cm³/mol. The van der Waals surface area contributed by atoms with Crippen LogP contribution in [-0.4, -0.2) is 23.6 Å². The van der Waals surface area contributed by atoms with Crippen LogP contribution in [0.2, 0.25) is 0 Å². The third-order valence-electron chi connectivity index (χ3n) is 3.59. The van der Waals surface area contributed by atoms with Gasteiger partial charge < -0.3 is 10.1 Å². The fourth-order valence-corrected chi connectivity index (χ4v) is 2.25. The van der Waals surface area contributed by atoms with Gasteiger partial charge in [-0.05, 0) is 49.2 Å². The number of carbonyl (C=O) groups excluding carboxylic acids is 2. The van der Waals surface area contributed by atoms with Crippen molar-refractivity contribution in [2.24, 2.45) is 0 Å². The second kappa shape index (κ2) is 10.1. The van der Waals surface area contributed by atoms with Crippen molar-refractivity contribution in [1.82, 2.24) is 10.8 Å². The minimum atomic E-state index is -0.387. The van der Waals surface area contributed by atoms with Gasteiger partial charge in [-0.2, -0.15) is 0 Å². The third-order valence-corrected chi connectivity index (χ3v) is 3.59. The number of nitrogens with one attached hydrogen (secondary N) is 2. The lowest BCUT2D eigenvalue weighted by molar-refractivity contribution is -0.129. The van der Waals surface area contributed by atoms with Crippen LogP contribution in [-0.2, 0) is 4.79 Å². The largest absolute Gasteiger partial charge is 0.457 e. The Bertz CT molecular complexity index is 672. The number of hydrogen-bond donors (Lipinski definition) is 3. The van der Waals surface area contributed by atoms with Crippen LogP contribution in [0.4, 0.5) is 0 Å². The minimum Gasteiger partial charge on any atom is -0.457 e. The molecule has 0 spiro atoms. The molecule has 2 aromatic carbocycles. The summed E-state index contributed by atoms with van der Waals surface area (Å²) < 4.78 is 5.68. The fraction of sp³-hybridized carbons (Fsp3) is 0.263. The minimum absolute atomic E-state index is 0.139. The van der Waals surface area contributed by atoms with Crippen LogP contribution in [0.3, 0.4) is 0 Å². The normalized spacial score (nSPS) is 10.1. The Morgan fingerprint density at radius 3 is 2.24 bits per heavy atom. The maximum atomic E-state index is 12.1.